The molecule has 2 aliphatic heterocycles. The highest BCUT2D eigenvalue weighted by Crippen LogP contribution is 2.32. The van der Waals surface area contributed by atoms with Crippen molar-refractivity contribution in [1.82, 2.24) is 5.32 Å². The van der Waals surface area contributed by atoms with Crippen molar-refractivity contribution in [3.8, 4) is 11.1 Å². The van der Waals surface area contributed by atoms with Gasteiger partial charge in [0, 0.05) is 17.6 Å². The van der Waals surface area contributed by atoms with Gasteiger partial charge in [0.25, 0.3) is 0 Å². The number of piperidine rings is 1. The highest BCUT2D eigenvalue weighted by Gasteiger charge is 2.33. The number of anilines is 1. The standard InChI is InChI=1S/C23H27FN2O2/c1-14-3-7-20(17-4-8-21(24)15(2)10-17)22(9-14)26-23(27)28-13-16-11-18-5-6-19(12-16)25-18/h3-4,7-10,16,18-19,25H,5-6,11-13H2,1-2H3,(H,26,27). The fraction of sp³-hybridized carbons (Fsp3) is 0.435. The molecule has 1 amide bonds. The molecule has 0 aliphatic carbocycles. The van der Waals surface area contributed by atoms with Crippen molar-refractivity contribution in [2.45, 2.75) is 51.6 Å². The molecule has 2 fully saturated rings. The van der Waals surface area contributed by atoms with E-state index in [-0.39, 0.29) is 5.82 Å². The van der Waals surface area contributed by atoms with E-state index in [9.17, 15) is 9.18 Å². The number of hydrogen-bond acceptors (Lipinski definition) is 3. The number of rotatable bonds is 4. The average Bonchev–Trinajstić information content (AvgIpc) is 3.01. The molecule has 2 aromatic carbocycles. The highest BCUT2D eigenvalue weighted by atomic mass is 19.1. The van der Waals surface area contributed by atoms with Gasteiger partial charge < -0.3 is 10.1 Å². The van der Waals surface area contributed by atoms with Crippen molar-refractivity contribution in [3.63, 3.8) is 0 Å². The number of ether oxygens (including phenoxy) is 1. The monoisotopic (exact) mass is 382 g/mol. The molecule has 4 rings (SSSR count). The Hall–Kier alpha value is -2.40. The number of fused-ring (bicyclic) bond motifs is 2. The molecule has 2 unspecified atom stereocenters. The maximum absolute atomic E-state index is 13.6. The predicted molar refractivity (Wildman–Crippen MR) is 109 cm³/mol. The summed E-state index contributed by atoms with van der Waals surface area (Å²) < 4.78 is 19.2. The summed E-state index contributed by atoms with van der Waals surface area (Å²) in [6.07, 6.45) is 4.19. The van der Waals surface area contributed by atoms with E-state index >= 15 is 0 Å². The van der Waals surface area contributed by atoms with Crippen molar-refractivity contribution in [3.05, 3.63) is 53.3 Å². The van der Waals surface area contributed by atoms with E-state index in [0.29, 0.717) is 35.9 Å². The van der Waals surface area contributed by atoms with E-state index in [1.54, 1.807) is 19.1 Å². The minimum atomic E-state index is -0.434. The smallest absolute Gasteiger partial charge is 0.411 e. The van der Waals surface area contributed by atoms with Crippen LogP contribution in [0.1, 0.15) is 36.8 Å². The zero-order valence-electron chi connectivity index (χ0n) is 16.4. The van der Waals surface area contributed by atoms with Gasteiger partial charge in [-0.25, -0.2) is 9.18 Å². The van der Waals surface area contributed by atoms with Crippen LogP contribution in [-0.2, 0) is 4.74 Å². The lowest BCUT2D eigenvalue weighted by Crippen LogP contribution is -2.39. The fourth-order valence-electron chi connectivity index (χ4n) is 4.48. The molecule has 2 bridgehead atoms. The van der Waals surface area contributed by atoms with Gasteiger partial charge in [0.2, 0.25) is 0 Å². The molecule has 2 saturated heterocycles. The second-order valence-electron chi connectivity index (χ2n) is 8.21. The number of amides is 1. The van der Waals surface area contributed by atoms with Crippen LogP contribution in [0.5, 0.6) is 0 Å². The molecule has 0 saturated carbocycles. The first-order valence-electron chi connectivity index (χ1n) is 10.0. The Labute approximate surface area is 165 Å². The maximum Gasteiger partial charge on any atom is 0.411 e. The quantitative estimate of drug-likeness (QED) is 0.765. The fourth-order valence-corrected chi connectivity index (χ4v) is 4.48. The number of carbonyl (C=O) groups excluding carboxylic acids is 1. The third-order valence-electron chi connectivity index (χ3n) is 5.90. The molecule has 148 valence electrons. The first kappa shape index (κ1) is 18.9. The van der Waals surface area contributed by atoms with Crippen LogP contribution in [-0.4, -0.2) is 24.8 Å². The SMILES string of the molecule is Cc1ccc(-c2ccc(F)c(C)c2)c(NC(=O)OCC2CC3CCC(C2)N3)c1. The zero-order valence-corrected chi connectivity index (χ0v) is 16.4. The highest BCUT2D eigenvalue weighted by molar-refractivity contribution is 5.91. The van der Waals surface area contributed by atoms with Crippen LogP contribution in [0.4, 0.5) is 14.9 Å². The largest absolute Gasteiger partial charge is 0.449 e. The minimum Gasteiger partial charge on any atom is -0.449 e. The number of halogens is 1. The lowest BCUT2D eigenvalue weighted by atomic mass is 9.93. The van der Waals surface area contributed by atoms with Gasteiger partial charge in [-0.1, -0.05) is 18.2 Å². The Morgan fingerprint density at radius 1 is 1.14 bits per heavy atom. The Morgan fingerprint density at radius 3 is 2.61 bits per heavy atom. The lowest BCUT2D eigenvalue weighted by Gasteiger charge is -2.28. The Morgan fingerprint density at radius 2 is 1.89 bits per heavy atom. The van der Waals surface area contributed by atoms with Gasteiger partial charge in [-0.2, -0.15) is 0 Å². The van der Waals surface area contributed by atoms with Gasteiger partial charge in [0.05, 0.1) is 12.3 Å². The third-order valence-corrected chi connectivity index (χ3v) is 5.90. The van der Waals surface area contributed by atoms with E-state index in [0.717, 1.165) is 29.5 Å². The molecule has 5 heteroatoms. The Balaban J connectivity index is 1.44. The normalized spacial score (nSPS) is 23.5. The topological polar surface area (TPSA) is 50.4 Å². The molecule has 4 nitrogen and oxygen atoms in total. The molecule has 2 atom stereocenters. The lowest BCUT2D eigenvalue weighted by molar-refractivity contribution is 0.122. The molecular weight excluding hydrogens is 355 g/mol. The molecule has 28 heavy (non-hydrogen) atoms. The van der Waals surface area contributed by atoms with Gasteiger partial charge in [-0.3, -0.25) is 5.32 Å². The van der Waals surface area contributed by atoms with Crippen LogP contribution in [0.2, 0.25) is 0 Å². The van der Waals surface area contributed by atoms with Gasteiger partial charge in [-0.05, 0) is 80.3 Å². The number of benzene rings is 2. The first-order valence-corrected chi connectivity index (χ1v) is 10.0. The molecule has 0 aromatic heterocycles. The van der Waals surface area contributed by atoms with Crippen molar-refractivity contribution in [2.24, 2.45) is 5.92 Å². The molecule has 0 spiro atoms. The third kappa shape index (κ3) is 4.20. The minimum absolute atomic E-state index is 0.235. The summed E-state index contributed by atoms with van der Waals surface area (Å²) in [7, 11) is 0. The molecular formula is C23H27FN2O2. The second kappa shape index (κ2) is 7.92. The van der Waals surface area contributed by atoms with Crippen LogP contribution in [0.15, 0.2) is 36.4 Å². The number of aryl methyl sites for hydroxylation is 2. The number of carbonyl (C=O) groups is 1. The van der Waals surface area contributed by atoms with Crippen molar-refractivity contribution in [2.75, 3.05) is 11.9 Å². The van der Waals surface area contributed by atoms with Crippen LogP contribution in [0.25, 0.3) is 11.1 Å². The van der Waals surface area contributed by atoms with E-state index in [1.807, 2.05) is 25.1 Å². The summed E-state index contributed by atoms with van der Waals surface area (Å²) in [5.41, 5.74) is 4.01. The van der Waals surface area contributed by atoms with Crippen molar-refractivity contribution in [1.29, 1.82) is 0 Å². The number of hydrogen-bond donors (Lipinski definition) is 2. The van der Waals surface area contributed by atoms with Crippen LogP contribution >= 0.6 is 0 Å². The van der Waals surface area contributed by atoms with Crippen molar-refractivity contribution < 1.29 is 13.9 Å². The molecule has 2 heterocycles. The van der Waals surface area contributed by atoms with E-state index < -0.39 is 6.09 Å². The van der Waals surface area contributed by atoms with E-state index in [4.69, 9.17) is 4.74 Å². The molecule has 2 aliphatic rings. The van der Waals surface area contributed by atoms with Crippen molar-refractivity contribution >= 4 is 11.8 Å². The zero-order chi connectivity index (χ0) is 19.7. The molecule has 2 N–H and O–H groups in total. The predicted octanol–water partition coefficient (Wildman–Crippen LogP) is 5.19. The summed E-state index contributed by atoms with van der Waals surface area (Å²) in [6.45, 7) is 4.17. The maximum atomic E-state index is 13.6. The number of nitrogens with one attached hydrogen (secondary N) is 2. The van der Waals surface area contributed by atoms with Gasteiger partial charge in [0.15, 0.2) is 0 Å². The van der Waals surface area contributed by atoms with Gasteiger partial charge in [-0.15, -0.1) is 0 Å². The van der Waals surface area contributed by atoms with Crippen LogP contribution in [0.3, 0.4) is 0 Å². The van der Waals surface area contributed by atoms with Crippen LogP contribution in [0, 0.1) is 25.6 Å². The Kier molecular flexibility index (Phi) is 5.36. The molecule has 2 aromatic rings. The summed E-state index contributed by atoms with van der Waals surface area (Å²) >= 11 is 0. The summed E-state index contributed by atoms with van der Waals surface area (Å²) in [5.74, 6) is 0.196. The van der Waals surface area contributed by atoms with E-state index in [1.165, 1.54) is 18.9 Å². The van der Waals surface area contributed by atoms with E-state index in [2.05, 4.69) is 10.6 Å². The van der Waals surface area contributed by atoms with Gasteiger partial charge in [0.1, 0.15) is 5.82 Å². The second-order valence-corrected chi connectivity index (χ2v) is 8.21. The summed E-state index contributed by atoms with van der Waals surface area (Å²) in [5, 5.41) is 6.50. The Bertz CT molecular complexity index is 871. The summed E-state index contributed by atoms with van der Waals surface area (Å²) in [6, 6.07) is 12.0. The first-order chi connectivity index (χ1) is 13.5. The molecule has 0 radical (unpaired) electrons. The average molecular weight is 382 g/mol. The summed E-state index contributed by atoms with van der Waals surface area (Å²) in [4.78, 5) is 12.4. The van der Waals surface area contributed by atoms with Crippen LogP contribution < -0.4 is 10.6 Å². The van der Waals surface area contributed by atoms with Gasteiger partial charge >= 0.3 is 6.09 Å².